The van der Waals surface area contributed by atoms with Crippen LogP contribution in [0.15, 0.2) is 24.3 Å². The number of carbonyl (C=O) groups excluding carboxylic acids is 2. The number of anilines is 1. The van der Waals surface area contributed by atoms with Crippen LogP contribution in [0.1, 0.15) is 12.0 Å². The molecule has 0 radical (unpaired) electrons. The summed E-state index contributed by atoms with van der Waals surface area (Å²) in [5.74, 6) is -0.761. The molecule has 2 N–H and O–H groups in total. The molecule has 0 atom stereocenters. The number of rotatable bonds is 6. The van der Waals surface area contributed by atoms with Crippen LogP contribution in [0.4, 0.5) is 5.69 Å². The molecule has 6 nitrogen and oxygen atoms in total. The molecule has 6 heteroatoms. The summed E-state index contributed by atoms with van der Waals surface area (Å²) < 4.78 is 4.77. The van der Waals surface area contributed by atoms with E-state index in [1.54, 1.807) is 24.3 Å². The molecule has 1 aromatic rings. The van der Waals surface area contributed by atoms with E-state index in [2.05, 4.69) is 10.6 Å². The van der Waals surface area contributed by atoms with Crippen molar-refractivity contribution in [2.45, 2.75) is 6.42 Å². The first kappa shape index (κ1) is 14.7. The van der Waals surface area contributed by atoms with Gasteiger partial charge in [-0.05, 0) is 24.3 Å². The first-order chi connectivity index (χ1) is 9.15. The standard InChI is InChI=1S/C13H15N3O3/c1-19-7-6-15-12(17)8-13(18)16-11-4-2-10(9-14)3-5-11/h2-5H,6-8H2,1H3,(H,15,17)(H,16,18). The van der Waals surface area contributed by atoms with Crippen molar-refractivity contribution in [1.82, 2.24) is 5.32 Å². The van der Waals surface area contributed by atoms with E-state index in [-0.39, 0.29) is 12.3 Å². The molecule has 2 amide bonds. The van der Waals surface area contributed by atoms with Crippen LogP contribution in [-0.2, 0) is 14.3 Å². The van der Waals surface area contributed by atoms with E-state index in [0.29, 0.717) is 24.4 Å². The first-order valence-corrected chi connectivity index (χ1v) is 5.71. The molecule has 0 aliphatic heterocycles. The van der Waals surface area contributed by atoms with Gasteiger partial charge in [-0.1, -0.05) is 0 Å². The Kier molecular flexibility index (Phi) is 6.06. The molecule has 0 aliphatic carbocycles. The molecule has 0 heterocycles. The summed E-state index contributed by atoms with van der Waals surface area (Å²) in [6.45, 7) is 0.780. The monoisotopic (exact) mass is 261 g/mol. The number of hydrogen-bond donors (Lipinski definition) is 2. The Morgan fingerprint density at radius 3 is 2.53 bits per heavy atom. The highest BCUT2D eigenvalue weighted by atomic mass is 16.5. The quantitative estimate of drug-likeness (QED) is 0.581. The highest BCUT2D eigenvalue weighted by Gasteiger charge is 2.08. The highest BCUT2D eigenvalue weighted by Crippen LogP contribution is 2.08. The second kappa shape index (κ2) is 7.84. The molecule has 0 bridgehead atoms. The van der Waals surface area contributed by atoms with Gasteiger partial charge < -0.3 is 15.4 Å². The van der Waals surface area contributed by atoms with Crippen LogP contribution in [-0.4, -0.2) is 32.1 Å². The minimum atomic E-state index is -0.403. The number of benzene rings is 1. The zero-order chi connectivity index (χ0) is 14.1. The summed E-state index contributed by atoms with van der Waals surface area (Å²) in [7, 11) is 1.53. The fourth-order valence-electron chi connectivity index (χ4n) is 1.33. The van der Waals surface area contributed by atoms with E-state index in [1.165, 1.54) is 7.11 Å². The molecule has 0 aromatic heterocycles. The topological polar surface area (TPSA) is 91.2 Å². The van der Waals surface area contributed by atoms with Gasteiger partial charge in [0.1, 0.15) is 6.42 Å². The SMILES string of the molecule is COCCNC(=O)CC(=O)Nc1ccc(C#N)cc1. The van der Waals surface area contributed by atoms with Crippen molar-refractivity contribution >= 4 is 17.5 Å². The van der Waals surface area contributed by atoms with Crippen molar-refractivity contribution < 1.29 is 14.3 Å². The van der Waals surface area contributed by atoms with E-state index in [4.69, 9.17) is 10.00 Å². The van der Waals surface area contributed by atoms with Gasteiger partial charge in [0.25, 0.3) is 0 Å². The Hall–Kier alpha value is -2.39. The van der Waals surface area contributed by atoms with Crippen LogP contribution in [0.5, 0.6) is 0 Å². The van der Waals surface area contributed by atoms with Gasteiger partial charge in [0.15, 0.2) is 0 Å². The van der Waals surface area contributed by atoms with Gasteiger partial charge in [-0.2, -0.15) is 5.26 Å². The van der Waals surface area contributed by atoms with Gasteiger partial charge in [-0.15, -0.1) is 0 Å². The van der Waals surface area contributed by atoms with E-state index < -0.39 is 5.91 Å². The maximum Gasteiger partial charge on any atom is 0.233 e. The van der Waals surface area contributed by atoms with E-state index in [0.717, 1.165) is 0 Å². The molecule has 0 spiro atoms. The lowest BCUT2D eigenvalue weighted by atomic mass is 10.2. The fraction of sp³-hybridized carbons (Fsp3) is 0.308. The summed E-state index contributed by atoms with van der Waals surface area (Å²) >= 11 is 0. The Morgan fingerprint density at radius 2 is 1.95 bits per heavy atom. The van der Waals surface area contributed by atoms with Gasteiger partial charge in [-0.3, -0.25) is 9.59 Å². The molecule has 1 rings (SSSR count). The van der Waals surface area contributed by atoms with Crippen LogP contribution < -0.4 is 10.6 Å². The normalized spacial score (nSPS) is 9.47. The molecule has 19 heavy (non-hydrogen) atoms. The Bertz CT molecular complexity index is 477. The second-order valence-corrected chi connectivity index (χ2v) is 3.76. The molecule has 0 fully saturated rings. The van der Waals surface area contributed by atoms with Crippen molar-refractivity contribution in [2.75, 3.05) is 25.6 Å². The van der Waals surface area contributed by atoms with Crippen LogP contribution in [0, 0.1) is 11.3 Å². The minimum Gasteiger partial charge on any atom is -0.383 e. The maximum absolute atomic E-state index is 11.5. The number of hydrogen-bond acceptors (Lipinski definition) is 4. The van der Waals surface area contributed by atoms with Crippen molar-refractivity contribution in [3.63, 3.8) is 0 Å². The second-order valence-electron chi connectivity index (χ2n) is 3.76. The number of nitrogens with one attached hydrogen (secondary N) is 2. The van der Waals surface area contributed by atoms with Crippen molar-refractivity contribution in [3.8, 4) is 6.07 Å². The average Bonchev–Trinajstić information content (AvgIpc) is 2.39. The lowest BCUT2D eigenvalue weighted by Crippen LogP contribution is -2.30. The van der Waals surface area contributed by atoms with Gasteiger partial charge in [-0.25, -0.2) is 0 Å². The number of nitrogens with zero attached hydrogens (tertiary/aromatic N) is 1. The Morgan fingerprint density at radius 1 is 1.26 bits per heavy atom. The maximum atomic E-state index is 11.5. The molecule has 100 valence electrons. The van der Waals surface area contributed by atoms with Crippen molar-refractivity contribution in [1.29, 1.82) is 5.26 Å². The zero-order valence-electron chi connectivity index (χ0n) is 10.6. The number of carbonyl (C=O) groups is 2. The third-order valence-electron chi connectivity index (χ3n) is 2.25. The molecular formula is C13H15N3O3. The minimum absolute atomic E-state index is 0.246. The lowest BCUT2D eigenvalue weighted by Gasteiger charge is -2.06. The molecular weight excluding hydrogens is 246 g/mol. The third-order valence-corrected chi connectivity index (χ3v) is 2.25. The van der Waals surface area contributed by atoms with E-state index in [1.807, 2.05) is 6.07 Å². The summed E-state index contributed by atoms with van der Waals surface area (Å²) in [5.41, 5.74) is 1.06. The third kappa shape index (κ3) is 5.66. The van der Waals surface area contributed by atoms with Crippen LogP contribution in [0.25, 0.3) is 0 Å². The molecule has 0 unspecified atom stereocenters. The number of nitriles is 1. The van der Waals surface area contributed by atoms with Crippen LogP contribution in [0.3, 0.4) is 0 Å². The highest BCUT2D eigenvalue weighted by molar-refractivity contribution is 6.03. The predicted octanol–water partition coefficient (Wildman–Crippen LogP) is 0.649. The molecule has 0 saturated carbocycles. The smallest absolute Gasteiger partial charge is 0.233 e. The summed E-state index contributed by atoms with van der Waals surface area (Å²) in [6, 6.07) is 8.38. The van der Waals surface area contributed by atoms with Crippen LogP contribution in [0.2, 0.25) is 0 Å². The Balaban J connectivity index is 2.38. The van der Waals surface area contributed by atoms with Gasteiger partial charge in [0.2, 0.25) is 11.8 Å². The average molecular weight is 261 g/mol. The first-order valence-electron chi connectivity index (χ1n) is 5.71. The molecule has 0 aliphatic rings. The Labute approximate surface area is 111 Å². The van der Waals surface area contributed by atoms with Crippen LogP contribution >= 0.6 is 0 Å². The predicted molar refractivity (Wildman–Crippen MR) is 69.3 cm³/mol. The lowest BCUT2D eigenvalue weighted by molar-refractivity contribution is -0.126. The van der Waals surface area contributed by atoms with Gasteiger partial charge in [0, 0.05) is 19.3 Å². The molecule has 1 aromatic carbocycles. The van der Waals surface area contributed by atoms with E-state index in [9.17, 15) is 9.59 Å². The molecule has 0 saturated heterocycles. The fourth-order valence-corrected chi connectivity index (χ4v) is 1.33. The largest absolute Gasteiger partial charge is 0.383 e. The van der Waals surface area contributed by atoms with Gasteiger partial charge >= 0.3 is 0 Å². The van der Waals surface area contributed by atoms with E-state index >= 15 is 0 Å². The summed E-state index contributed by atoms with van der Waals surface area (Å²) in [6.07, 6.45) is -0.246. The zero-order valence-corrected chi connectivity index (χ0v) is 10.6. The van der Waals surface area contributed by atoms with Crippen molar-refractivity contribution in [2.24, 2.45) is 0 Å². The summed E-state index contributed by atoms with van der Waals surface area (Å²) in [4.78, 5) is 22.9. The number of ether oxygens (including phenoxy) is 1. The number of methoxy groups -OCH3 is 1. The van der Waals surface area contributed by atoms with Gasteiger partial charge in [0.05, 0.1) is 18.2 Å². The summed E-state index contributed by atoms with van der Waals surface area (Å²) in [5, 5.41) is 13.8. The number of amides is 2. The van der Waals surface area contributed by atoms with Crippen molar-refractivity contribution in [3.05, 3.63) is 29.8 Å².